The lowest BCUT2D eigenvalue weighted by Gasteiger charge is -2.23. The number of carbonyl (C=O) groups excluding carboxylic acids is 1. The molecule has 0 atom stereocenters. The first-order chi connectivity index (χ1) is 15.2. The molecule has 6 nitrogen and oxygen atoms in total. The molecule has 8 heteroatoms. The largest absolute Gasteiger partial charge is 0.495 e. The Morgan fingerprint density at radius 2 is 1.75 bits per heavy atom. The monoisotopic (exact) mass is 472 g/mol. The number of carbonyl (C=O) groups is 1. The van der Waals surface area contributed by atoms with E-state index in [-0.39, 0.29) is 23.7 Å². The molecule has 1 amide bonds. The van der Waals surface area contributed by atoms with Gasteiger partial charge in [0.05, 0.1) is 13.7 Å². The van der Waals surface area contributed by atoms with Gasteiger partial charge in [0.1, 0.15) is 10.6 Å². The maximum Gasteiger partial charge on any atom is 0.247 e. The van der Waals surface area contributed by atoms with Crippen LogP contribution >= 0.6 is 11.6 Å². The molecular formula is C24H25ClN2O4S. The Kier molecular flexibility index (Phi) is 7.56. The van der Waals surface area contributed by atoms with Gasteiger partial charge in [-0.05, 0) is 54.8 Å². The zero-order valence-corrected chi connectivity index (χ0v) is 19.7. The first kappa shape index (κ1) is 23.8. The lowest BCUT2D eigenvalue weighted by atomic mass is 10.2. The number of amides is 1. The van der Waals surface area contributed by atoms with Gasteiger partial charge in [0.25, 0.3) is 0 Å². The van der Waals surface area contributed by atoms with Crippen molar-refractivity contribution in [3.63, 3.8) is 0 Å². The minimum absolute atomic E-state index is 0.0164. The van der Waals surface area contributed by atoms with E-state index in [0.29, 0.717) is 16.3 Å². The molecule has 32 heavy (non-hydrogen) atoms. The maximum absolute atomic E-state index is 13.6. The van der Waals surface area contributed by atoms with Gasteiger partial charge in [-0.2, -0.15) is 4.31 Å². The van der Waals surface area contributed by atoms with Crippen LogP contribution in [0.5, 0.6) is 5.75 Å². The molecule has 3 aromatic carbocycles. The normalized spacial score (nSPS) is 11.4. The van der Waals surface area contributed by atoms with Crippen molar-refractivity contribution in [2.75, 3.05) is 19.0 Å². The van der Waals surface area contributed by atoms with Crippen molar-refractivity contribution in [3.05, 3.63) is 88.4 Å². The topological polar surface area (TPSA) is 75.7 Å². The average molecular weight is 473 g/mol. The van der Waals surface area contributed by atoms with Crippen LogP contribution in [0.25, 0.3) is 0 Å². The number of nitrogens with one attached hydrogen (secondary N) is 1. The summed E-state index contributed by atoms with van der Waals surface area (Å²) in [6.07, 6.45) is 0. The number of halogens is 1. The summed E-state index contributed by atoms with van der Waals surface area (Å²) >= 11 is 6.14. The predicted molar refractivity (Wildman–Crippen MR) is 127 cm³/mol. The van der Waals surface area contributed by atoms with Gasteiger partial charge in [-0.3, -0.25) is 4.79 Å². The standard InChI is InChI=1S/C24H25ClN2O4S/c1-17-12-13-22(31-3)23(14-17)32(29,30)27(15-19-8-5-4-6-9-19)16-24(28)26-21-11-7-10-20(25)18(21)2/h4-14H,15-16H2,1-3H3,(H,26,28). The van der Waals surface area contributed by atoms with E-state index in [1.807, 2.05) is 30.3 Å². The highest BCUT2D eigenvalue weighted by atomic mass is 35.5. The second-order valence-electron chi connectivity index (χ2n) is 7.37. The number of ether oxygens (including phenoxy) is 1. The number of benzene rings is 3. The number of nitrogens with zero attached hydrogens (tertiary/aromatic N) is 1. The van der Waals surface area contributed by atoms with Gasteiger partial charge in [0, 0.05) is 17.3 Å². The smallest absolute Gasteiger partial charge is 0.247 e. The number of anilines is 1. The lowest BCUT2D eigenvalue weighted by molar-refractivity contribution is -0.116. The van der Waals surface area contributed by atoms with Gasteiger partial charge in [0.15, 0.2) is 0 Å². The third kappa shape index (κ3) is 5.48. The molecule has 0 heterocycles. The van der Waals surface area contributed by atoms with Crippen LogP contribution < -0.4 is 10.1 Å². The fourth-order valence-corrected chi connectivity index (χ4v) is 5.03. The molecule has 0 aliphatic carbocycles. The van der Waals surface area contributed by atoms with Gasteiger partial charge in [0.2, 0.25) is 15.9 Å². The molecule has 0 aliphatic heterocycles. The second kappa shape index (κ2) is 10.2. The molecular weight excluding hydrogens is 448 g/mol. The van der Waals surface area contributed by atoms with Crippen LogP contribution in [0, 0.1) is 13.8 Å². The quantitative estimate of drug-likeness (QED) is 0.511. The van der Waals surface area contributed by atoms with Crippen molar-refractivity contribution in [2.45, 2.75) is 25.3 Å². The van der Waals surface area contributed by atoms with Crippen molar-refractivity contribution in [1.29, 1.82) is 0 Å². The van der Waals surface area contributed by atoms with Crippen molar-refractivity contribution < 1.29 is 17.9 Å². The maximum atomic E-state index is 13.6. The van der Waals surface area contributed by atoms with Gasteiger partial charge < -0.3 is 10.1 Å². The third-order valence-corrected chi connectivity index (χ3v) is 7.22. The minimum atomic E-state index is -4.05. The summed E-state index contributed by atoms with van der Waals surface area (Å²) in [4.78, 5) is 12.9. The van der Waals surface area contributed by atoms with Crippen LogP contribution in [0.2, 0.25) is 5.02 Å². The highest BCUT2D eigenvalue weighted by molar-refractivity contribution is 7.89. The number of methoxy groups -OCH3 is 1. The summed E-state index contributed by atoms with van der Waals surface area (Å²) in [6.45, 7) is 3.24. The Morgan fingerprint density at radius 1 is 1.03 bits per heavy atom. The van der Waals surface area contributed by atoms with Gasteiger partial charge in [-0.25, -0.2) is 8.42 Å². The highest BCUT2D eigenvalue weighted by Gasteiger charge is 2.30. The summed E-state index contributed by atoms with van der Waals surface area (Å²) in [5, 5.41) is 3.28. The van der Waals surface area contributed by atoms with Crippen molar-refractivity contribution in [1.82, 2.24) is 4.31 Å². The molecule has 0 spiro atoms. The number of hydrogen-bond acceptors (Lipinski definition) is 4. The Bertz CT molecular complexity index is 1210. The summed E-state index contributed by atoms with van der Waals surface area (Å²) in [5.41, 5.74) is 2.77. The molecule has 0 saturated heterocycles. The molecule has 3 aromatic rings. The molecule has 0 unspecified atom stereocenters. The molecule has 168 valence electrons. The van der Waals surface area contributed by atoms with Crippen molar-refractivity contribution in [2.24, 2.45) is 0 Å². The van der Waals surface area contributed by atoms with Gasteiger partial charge >= 0.3 is 0 Å². The summed E-state index contributed by atoms with van der Waals surface area (Å²) in [7, 11) is -2.63. The van der Waals surface area contributed by atoms with Crippen LogP contribution in [0.1, 0.15) is 16.7 Å². The fourth-order valence-electron chi connectivity index (χ4n) is 3.23. The van der Waals surface area contributed by atoms with Crippen LogP contribution in [-0.2, 0) is 21.4 Å². The van der Waals surface area contributed by atoms with Crippen LogP contribution in [-0.4, -0.2) is 32.3 Å². The van der Waals surface area contributed by atoms with E-state index in [0.717, 1.165) is 15.4 Å². The summed E-state index contributed by atoms with van der Waals surface area (Å²) in [5.74, 6) is -0.249. The molecule has 0 aromatic heterocycles. The van der Waals surface area contributed by atoms with E-state index in [1.54, 1.807) is 50.2 Å². The number of rotatable bonds is 8. The zero-order chi connectivity index (χ0) is 23.3. The summed E-state index contributed by atoms with van der Waals surface area (Å²) < 4.78 is 33.7. The van der Waals surface area contributed by atoms with Crippen molar-refractivity contribution >= 4 is 33.2 Å². The Hall–Kier alpha value is -2.87. The molecule has 0 fully saturated rings. The molecule has 0 saturated carbocycles. The van der Waals surface area contributed by atoms with E-state index < -0.39 is 15.9 Å². The van der Waals surface area contributed by atoms with E-state index in [9.17, 15) is 13.2 Å². The number of hydrogen-bond donors (Lipinski definition) is 1. The Balaban J connectivity index is 1.96. The number of sulfonamides is 1. The Labute approximate surface area is 193 Å². The Morgan fingerprint density at radius 3 is 2.44 bits per heavy atom. The van der Waals surface area contributed by atoms with Crippen LogP contribution in [0.4, 0.5) is 5.69 Å². The molecule has 1 N–H and O–H groups in total. The average Bonchev–Trinajstić information content (AvgIpc) is 2.77. The first-order valence-corrected chi connectivity index (χ1v) is 11.8. The third-order valence-electron chi connectivity index (χ3n) is 5.00. The molecule has 0 bridgehead atoms. The summed E-state index contributed by atoms with van der Waals surface area (Å²) in [6, 6.07) is 19.2. The lowest BCUT2D eigenvalue weighted by Crippen LogP contribution is -2.37. The highest BCUT2D eigenvalue weighted by Crippen LogP contribution is 2.29. The van der Waals surface area contributed by atoms with Crippen molar-refractivity contribution in [3.8, 4) is 5.75 Å². The predicted octanol–water partition coefficient (Wildman–Crippen LogP) is 4.80. The van der Waals surface area contributed by atoms with E-state index >= 15 is 0 Å². The molecule has 0 radical (unpaired) electrons. The van der Waals surface area contributed by atoms with E-state index in [4.69, 9.17) is 16.3 Å². The van der Waals surface area contributed by atoms with Gasteiger partial charge in [-0.1, -0.05) is 54.1 Å². The SMILES string of the molecule is COc1ccc(C)cc1S(=O)(=O)N(CC(=O)Nc1cccc(Cl)c1C)Cc1ccccc1. The fraction of sp³-hybridized carbons (Fsp3) is 0.208. The van der Waals surface area contributed by atoms with E-state index in [2.05, 4.69) is 5.32 Å². The van der Waals surface area contributed by atoms with E-state index in [1.165, 1.54) is 7.11 Å². The molecule has 0 aliphatic rings. The van der Waals surface area contributed by atoms with Crippen LogP contribution in [0.15, 0.2) is 71.6 Å². The molecule has 3 rings (SSSR count). The minimum Gasteiger partial charge on any atom is -0.495 e. The zero-order valence-electron chi connectivity index (χ0n) is 18.1. The first-order valence-electron chi connectivity index (χ1n) is 9.96. The number of aryl methyl sites for hydroxylation is 1. The van der Waals surface area contributed by atoms with Crippen LogP contribution in [0.3, 0.4) is 0 Å². The van der Waals surface area contributed by atoms with Gasteiger partial charge in [-0.15, -0.1) is 0 Å². The second-order valence-corrected chi connectivity index (χ2v) is 9.69.